The molecule has 0 spiro atoms. The second-order valence-electron chi connectivity index (χ2n) is 6.25. The standard InChI is InChI=1S/C10H19FN3O14P3/c11-10(14-2-1-6(15)13-8(14)17)5-25-9(3-12,7(10)16)4-26-30(21,22)28-31(23,24)27-29(18,19)20/h1-2,7-8,16-17H,3-5,12H2,(H,13,15)(H,21,22)(H,23,24)(H2,18,19,20)/t7-,8?,9-,10-/m1/s1. The largest absolute Gasteiger partial charge is 0.490 e. The van der Waals surface area contributed by atoms with Crippen LogP contribution in [0.15, 0.2) is 12.3 Å². The van der Waals surface area contributed by atoms with Gasteiger partial charge in [0.05, 0.1) is 6.61 Å². The lowest BCUT2D eigenvalue weighted by Crippen LogP contribution is -2.64. The number of ether oxygens (including phenoxy) is 1. The van der Waals surface area contributed by atoms with Crippen molar-refractivity contribution in [3.05, 3.63) is 12.3 Å². The van der Waals surface area contributed by atoms with Gasteiger partial charge < -0.3 is 45.6 Å². The number of rotatable bonds is 9. The predicted octanol–water partition coefficient (Wildman–Crippen LogP) is -2.69. The van der Waals surface area contributed by atoms with Crippen LogP contribution in [0.25, 0.3) is 0 Å². The van der Waals surface area contributed by atoms with Crippen molar-refractivity contribution in [3.63, 3.8) is 0 Å². The summed E-state index contributed by atoms with van der Waals surface area (Å²) in [5, 5.41) is 22.3. The van der Waals surface area contributed by atoms with Gasteiger partial charge in [-0.2, -0.15) is 8.62 Å². The smallest absolute Gasteiger partial charge is 0.384 e. The van der Waals surface area contributed by atoms with E-state index in [1.165, 1.54) is 0 Å². The van der Waals surface area contributed by atoms with Crippen LogP contribution in [0.3, 0.4) is 0 Å². The number of carbonyl (C=O) groups excluding carboxylic acids is 1. The minimum atomic E-state index is -5.80. The number of hydrogen-bond acceptors (Lipinski definition) is 12. The Bertz CT molecular complexity index is 884. The molecule has 0 bridgehead atoms. The summed E-state index contributed by atoms with van der Waals surface area (Å²) in [6.45, 7) is -2.97. The molecular weight excluding hydrogens is 498 g/mol. The van der Waals surface area contributed by atoms with Crippen LogP contribution in [0.1, 0.15) is 0 Å². The van der Waals surface area contributed by atoms with E-state index < -0.39 is 73.0 Å². The summed E-state index contributed by atoms with van der Waals surface area (Å²) in [4.78, 5) is 47.3. The highest BCUT2D eigenvalue weighted by molar-refractivity contribution is 7.66. The van der Waals surface area contributed by atoms with E-state index in [2.05, 4.69) is 13.1 Å². The van der Waals surface area contributed by atoms with E-state index in [0.717, 1.165) is 12.3 Å². The van der Waals surface area contributed by atoms with Gasteiger partial charge in [-0.3, -0.25) is 14.2 Å². The van der Waals surface area contributed by atoms with Gasteiger partial charge in [0.2, 0.25) is 18.1 Å². The van der Waals surface area contributed by atoms with Crippen LogP contribution in [0.5, 0.6) is 0 Å². The summed E-state index contributed by atoms with van der Waals surface area (Å²) in [5.74, 6) is -3.69. The van der Waals surface area contributed by atoms with E-state index in [9.17, 15) is 33.6 Å². The zero-order chi connectivity index (χ0) is 23.9. The topological polar surface area (TPSA) is 268 Å². The first-order valence-corrected chi connectivity index (χ1v) is 12.4. The zero-order valence-electron chi connectivity index (χ0n) is 15.1. The van der Waals surface area contributed by atoms with Crippen LogP contribution < -0.4 is 11.1 Å². The van der Waals surface area contributed by atoms with Crippen LogP contribution in [0, 0.1) is 0 Å². The second-order valence-corrected chi connectivity index (χ2v) is 10.7. The van der Waals surface area contributed by atoms with Gasteiger partial charge in [-0.15, -0.1) is 0 Å². The number of aliphatic hydroxyl groups is 2. The number of halogens is 1. The lowest BCUT2D eigenvalue weighted by molar-refractivity contribution is -0.166. The number of carbonyl (C=O) groups is 1. The molecule has 2 heterocycles. The van der Waals surface area contributed by atoms with Gasteiger partial charge in [0.25, 0.3) is 0 Å². The SMILES string of the molecule is NC[C@]1(COP(=O)(O)OP(=O)(O)OP(=O)(O)O)OC[C@@](F)(N2C=CC(=O)NC2O)[C@@H]1O. The van der Waals surface area contributed by atoms with Crippen molar-refractivity contribution in [2.24, 2.45) is 5.73 Å². The van der Waals surface area contributed by atoms with E-state index in [0.29, 0.717) is 4.90 Å². The molecule has 1 amide bonds. The average molecular weight is 517 g/mol. The minimum absolute atomic E-state index is 0.474. The van der Waals surface area contributed by atoms with Crippen molar-refractivity contribution >= 4 is 29.4 Å². The third kappa shape index (κ3) is 6.16. The Kier molecular flexibility index (Phi) is 7.55. The van der Waals surface area contributed by atoms with E-state index in [1.807, 2.05) is 5.32 Å². The van der Waals surface area contributed by atoms with Crippen LogP contribution in [0.2, 0.25) is 0 Å². The summed E-state index contributed by atoms with van der Waals surface area (Å²) in [5.41, 5.74) is 3.19. The van der Waals surface area contributed by atoms with Crippen molar-refractivity contribution in [2.75, 3.05) is 19.8 Å². The molecule has 1 fully saturated rings. The first kappa shape index (κ1) is 26.4. The van der Waals surface area contributed by atoms with Gasteiger partial charge in [0.1, 0.15) is 18.3 Å². The van der Waals surface area contributed by atoms with Crippen LogP contribution >= 0.6 is 23.5 Å². The molecule has 17 nitrogen and oxygen atoms in total. The Morgan fingerprint density at radius 1 is 1.23 bits per heavy atom. The number of amides is 1. The van der Waals surface area contributed by atoms with Crippen molar-refractivity contribution in [2.45, 2.75) is 23.8 Å². The third-order valence-corrected chi connectivity index (χ3v) is 7.85. The zero-order valence-corrected chi connectivity index (χ0v) is 17.8. The van der Waals surface area contributed by atoms with Crippen LogP contribution in [0.4, 0.5) is 4.39 Å². The first-order chi connectivity index (χ1) is 14.0. The van der Waals surface area contributed by atoms with Crippen molar-refractivity contribution in [1.29, 1.82) is 0 Å². The second kappa shape index (κ2) is 8.85. The molecule has 1 saturated heterocycles. The van der Waals surface area contributed by atoms with Gasteiger partial charge >= 0.3 is 23.5 Å². The highest BCUT2D eigenvalue weighted by atomic mass is 31.3. The van der Waals surface area contributed by atoms with E-state index in [1.54, 1.807) is 0 Å². The molecule has 9 N–H and O–H groups in total. The Hall–Kier alpha value is -0.810. The van der Waals surface area contributed by atoms with Gasteiger partial charge in [-0.05, 0) is 0 Å². The van der Waals surface area contributed by atoms with Crippen molar-refractivity contribution < 1.29 is 70.5 Å². The number of nitrogens with one attached hydrogen (secondary N) is 1. The molecule has 0 aromatic carbocycles. The Morgan fingerprint density at radius 2 is 1.84 bits per heavy atom. The maximum absolute atomic E-state index is 15.5. The molecular formula is C10H19FN3O14P3. The lowest BCUT2D eigenvalue weighted by Gasteiger charge is -2.41. The molecule has 0 radical (unpaired) electrons. The number of alkyl halides is 1. The van der Waals surface area contributed by atoms with Crippen LogP contribution in [-0.2, 0) is 36.4 Å². The summed E-state index contributed by atoms with van der Waals surface area (Å²) in [6.07, 6.45) is -2.57. The fraction of sp³-hybridized carbons (Fsp3) is 0.700. The van der Waals surface area contributed by atoms with E-state index in [-0.39, 0.29) is 0 Å². The summed E-state index contributed by atoms with van der Waals surface area (Å²) >= 11 is 0. The molecule has 0 aliphatic carbocycles. The minimum Gasteiger partial charge on any atom is -0.384 e. The maximum Gasteiger partial charge on any atom is 0.490 e. The molecule has 21 heteroatoms. The number of nitrogens with zero attached hydrogens (tertiary/aromatic N) is 1. The molecule has 2 aliphatic rings. The Morgan fingerprint density at radius 3 is 2.35 bits per heavy atom. The number of hydrogen-bond donors (Lipinski definition) is 8. The molecule has 180 valence electrons. The average Bonchev–Trinajstić information content (AvgIpc) is 2.83. The molecule has 2 rings (SSSR count). The van der Waals surface area contributed by atoms with E-state index >= 15 is 4.39 Å². The predicted molar refractivity (Wildman–Crippen MR) is 92.5 cm³/mol. The third-order valence-electron chi connectivity index (χ3n) is 4.06. The quantitative estimate of drug-likeness (QED) is 0.114. The normalized spacial score (nSPS) is 35.5. The van der Waals surface area contributed by atoms with E-state index in [4.69, 9.17) is 25.2 Å². The number of aliphatic hydroxyl groups excluding tert-OH is 2. The molecule has 6 atom stereocenters. The highest BCUT2D eigenvalue weighted by Crippen LogP contribution is 2.66. The number of nitrogens with two attached hydrogens (primary N) is 1. The summed E-state index contributed by atoms with van der Waals surface area (Å²) < 4.78 is 65.8. The lowest BCUT2D eigenvalue weighted by atomic mass is 9.93. The van der Waals surface area contributed by atoms with Gasteiger partial charge in [-0.1, -0.05) is 0 Å². The number of phosphoric acid groups is 3. The summed E-state index contributed by atoms with van der Waals surface area (Å²) in [6, 6.07) is 0. The number of phosphoric ester groups is 1. The first-order valence-electron chi connectivity index (χ1n) is 7.90. The molecule has 31 heavy (non-hydrogen) atoms. The van der Waals surface area contributed by atoms with Crippen molar-refractivity contribution in [3.8, 4) is 0 Å². The molecule has 0 aromatic heterocycles. The van der Waals surface area contributed by atoms with Crippen molar-refractivity contribution in [1.82, 2.24) is 10.2 Å². The maximum atomic E-state index is 15.5. The summed E-state index contributed by atoms with van der Waals surface area (Å²) in [7, 11) is -17.0. The molecule has 0 aromatic rings. The van der Waals surface area contributed by atoms with Gasteiger partial charge in [0, 0.05) is 18.8 Å². The Balaban J connectivity index is 2.15. The fourth-order valence-corrected chi connectivity index (χ4v) is 5.74. The Labute approximate surface area is 172 Å². The molecule has 0 saturated carbocycles. The molecule has 3 unspecified atom stereocenters. The monoisotopic (exact) mass is 517 g/mol. The van der Waals surface area contributed by atoms with Gasteiger partial charge in [-0.25, -0.2) is 18.1 Å². The molecule has 2 aliphatic heterocycles. The fourth-order valence-electron chi connectivity index (χ4n) is 2.67. The van der Waals surface area contributed by atoms with Crippen LogP contribution in [-0.4, -0.2) is 84.2 Å². The highest BCUT2D eigenvalue weighted by Gasteiger charge is 2.63. The van der Waals surface area contributed by atoms with Gasteiger partial charge in [0.15, 0.2) is 0 Å².